The number of esters is 3. The zero-order chi connectivity index (χ0) is 44.4. The molecule has 0 aromatic rings. The van der Waals surface area contributed by atoms with Crippen LogP contribution in [-0.4, -0.2) is 37.2 Å². The minimum atomic E-state index is -0.872. The van der Waals surface area contributed by atoms with E-state index in [1.807, 2.05) is 6.08 Å². The van der Waals surface area contributed by atoms with E-state index in [0.29, 0.717) is 12.8 Å². The maximum atomic E-state index is 12.7. The number of rotatable bonds is 38. The van der Waals surface area contributed by atoms with Gasteiger partial charge in [0.25, 0.3) is 0 Å². The summed E-state index contributed by atoms with van der Waals surface area (Å²) in [6.45, 7) is 6.04. The van der Waals surface area contributed by atoms with Crippen LogP contribution in [0.5, 0.6) is 0 Å². The lowest BCUT2D eigenvalue weighted by Crippen LogP contribution is -2.30. The second-order valence-corrected chi connectivity index (χ2v) is 14.2. The molecule has 0 saturated carbocycles. The second-order valence-electron chi connectivity index (χ2n) is 14.2. The minimum absolute atomic E-state index is 0.104. The molecule has 6 nitrogen and oxygen atoms in total. The molecular formula is C55H80O6. The average molecular weight is 837 g/mol. The van der Waals surface area contributed by atoms with Crippen molar-refractivity contribution in [1.29, 1.82) is 0 Å². The van der Waals surface area contributed by atoms with Gasteiger partial charge in [0.2, 0.25) is 0 Å². The molecule has 1 unspecified atom stereocenters. The van der Waals surface area contributed by atoms with Crippen LogP contribution in [0.1, 0.15) is 149 Å². The van der Waals surface area contributed by atoms with E-state index in [4.69, 9.17) is 14.2 Å². The highest BCUT2D eigenvalue weighted by molar-refractivity contribution is 5.72. The van der Waals surface area contributed by atoms with Gasteiger partial charge in [0.1, 0.15) is 13.2 Å². The van der Waals surface area contributed by atoms with Crippen LogP contribution in [0.2, 0.25) is 0 Å². The van der Waals surface area contributed by atoms with Crippen molar-refractivity contribution >= 4 is 17.9 Å². The third kappa shape index (κ3) is 46.0. The summed E-state index contributed by atoms with van der Waals surface area (Å²) < 4.78 is 16.5. The van der Waals surface area contributed by atoms with Gasteiger partial charge < -0.3 is 14.2 Å². The molecule has 0 N–H and O–H groups in total. The zero-order valence-corrected chi connectivity index (χ0v) is 38.1. The lowest BCUT2D eigenvalue weighted by molar-refractivity contribution is -0.166. The summed E-state index contributed by atoms with van der Waals surface area (Å²) in [6, 6.07) is 0. The number of carbonyl (C=O) groups excluding carboxylic acids is 3. The highest BCUT2D eigenvalue weighted by atomic mass is 16.6. The number of hydrogen-bond acceptors (Lipinski definition) is 6. The van der Waals surface area contributed by atoms with Crippen molar-refractivity contribution in [3.63, 3.8) is 0 Å². The van der Waals surface area contributed by atoms with E-state index in [1.54, 1.807) is 6.08 Å². The van der Waals surface area contributed by atoms with Crippen molar-refractivity contribution in [2.24, 2.45) is 0 Å². The predicted molar refractivity (Wildman–Crippen MR) is 260 cm³/mol. The van der Waals surface area contributed by atoms with Crippen LogP contribution in [0.3, 0.4) is 0 Å². The van der Waals surface area contributed by atoms with Gasteiger partial charge in [-0.25, -0.2) is 0 Å². The molecule has 336 valence electrons. The van der Waals surface area contributed by atoms with Gasteiger partial charge in [0.15, 0.2) is 6.10 Å². The number of unbranched alkanes of at least 4 members (excludes halogenated alkanes) is 2. The van der Waals surface area contributed by atoms with Gasteiger partial charge in [0, 0.05) is 12.8 Å². The summed E-state index contributed by atoms with van der Waals surface area (Å²) in [5.41, 5.74) is 0. The van der Waals surface area contributed by atoms with Crippen molar-refractivity contribution < 1.29 is 28.6 Å². The Hall–Kier alpha value is -4.97. The van der Waals surface area contributed by atoms with Crippen molar-refractivity contribution in [1.82, 2.24) is 0 Å². The molecule has 0 radical (unpaired) electrons. The SMILES string of the molecule is CC/C=C\C/C=C\C/C=C\C/C=C\C/C=C\CCCC(=O)OCC(COC(=O)C/C=C\C/C=C\C/C=C\CC)OC(=O)CCC/C=C\C/C=C\C/C=C\C/C=C\C/C=C\CC. The fourth-order valence-corrected chi connectivity index (χ4v) is 5.22. The third-order valence-electron chi connectivity index (χ3n) is 8.54. The molecule has 0 aliphatic rings. The fourth-order valence-electron chi connectivity index (χ4n) is 5.22. The first-order valence-corrected chi connectivity index (χ1v) is 23.0. The Kier molecular flexibility index (Phi) is 43.8. The molecule has 6 heteroatoms. The molecule has 0 amide bonds. The number of carbonyl (C=O) groups is 3. The van der Waals surface area contributed by atoms with Crippen LogP contribution >= 0.6 is 0 Å². The molecule has 0 rings (SSSR count). The molecule has 61 heavy (non-hydrogen) atoms. The first-order chi connectivity index (χ1) is 30.0. The maximum Gasteiger partial charge on any atom is 0.309 e. The molecule has 0 saturated heterocycles. The van der Waals surface area contributed by atoms with Gasteiger partial charge in [-0.15, -0.1) is 0 Å². The van der Waals surface area contributed by atoms with E-state index in [9.17, 15) is 14.4 Å². The van der Waals surface area contributed by atoms with E-state index >= 15 is 0 Å². The smallest absolute Gasteiger partial charge is 0.309 e. The van der Waals surface area contributed by atoms with Crippen molar-refractivity contribution in [3.8, 4) is 0 Å². The zero-order valence-electron chi connectivity index (χ0n) is 38.1. The molecule has 0 heterocycles. The molecule has 0 aromatic carbocycles. The Morgan fingerprint density at radius 3 is 0.967 bits per heavy atom. The van der Waals surface area contributed by atoms with Crippen LogP contribution in [-0.2, 0) is 28.6 Å². The van der Waals surface area contributed by atoms with E-state index in [2.05, 4.69) is 167 Å². The van der Waals surface area contributed by atoms with Crippen LogP contribution in [0.15, 0.2) is 158 Å². The summed E-state index contributed by atoms with van der Waals surface area (Å²) in [7, 11) is 0. The quantitative estimate of drug-likeness (QED) is 0.0267. The molecule has 0 spiro atoms. The lowest BCUT2D eigenvalue weighted by atomic mass is 10.2. The summed E-state index contributed by atoms with van der Waals surface area (Å²) in [5, 5.41) is 0. The van der Waals surface area contributed by atoms with Gasteiger partial charge in [-0.05, 0) is 109 Å². The van der Waals surface area contributed by atoms with Gasteiger partial charge in [-0.3, -0.25) is 14.4 Å². The topological polar surface area (TPSA) is 78.9 Å². The number of hydrogen-bond donors (Lipinski definition) is 0. The normalized spacial score (nSPS) is 13.6. The van der Waals surface area contributed by atoms with E-state index in [0.717, 1.165) is 96.3 Å². The third-order valence-corrected chi connectivity index (χ3v) is 8.54. The van der Waals surface area contributed by atoms with Crippen molar-refractivity contribution in [2.45, 2.75) is 155 Å². The summed E-state index contributed by atoms with van der Waals surface area (Å²) in [4.78, 5) is 37.7. The molecule has 1 atom stereocenters. The standard InChI is InChI=1S/C55H80O6/c1-4-7-10-13-16-19-21-23-25-27-29-31-33-36-39-42-45-48-54(57)60-51-52(50-59-53(56)47-44-41-38-35-18-15-12-9-6-3)61-55(58)49-46-43-40-37-34-32-30-28-26-24-22-20-17-14-11-8-5-2/h7-12,16-20,23-26,29-32,35-37,39-41,44,52H,4-6,13-15,21-22,27-28,33-34,38,42-43,45-51H2,1-3H3/b10-7-,11-8-,12-9-,19-16-,20-17-,25-23-,26-24-,31-29-,32-30-,35-18-,39-36-,40-37-,44-41-. The lowest BCUT2D eigenvalue weighted by Gasteiger charge is -2.18. The maximum absolute atomic E-state index is 12.7. The Bertz CT molecular complexity index is 1470. The van der Waals surface area contributed by atoms with Gasteiger partial charge >= 0.3 is 17.9 Å². The molecule has 0 fully saturated rings. The van der Waals surface area contributed by atoms with Crippen LogP contribution in [0, 0.1) is 0 Å². The molecule has 0 aliphatic heterocycles. The second kappa shape index (κ2) is 47.7. The van der Waals surface area contributed by atoms with E-state index < -0.39 is 18.0 Å². The monoisotopic (exact) mass is 837 g/mol. The molecule has 0 bridgehead atoms. The summed E-state index contributed by atoms with van der Waals surface area (Å²) >= 11 is 0. The Labute approximate surface area is 371 Å². The largest absolute Gasteiger partial charge is 0.462 e. The van der Waals surface area contributed by atoms with Gasteiger partial charge in [-0.1, -0.05) is 179 Å². The van der Waals surface area contributed by atoms with Crippen LogP contribution in [0.4, 0.5) is 0 Å². The summed E-state index contributed by atoms with van der Waals surface area (Å²) in [5.74, 6) is -1.23. The Morgan fingerprint density at radius 2 is 0.623 bits per heavy atom. The van der Waals surface area contributed by atoms with Crippen LogP contribution < -0.4 is 0 Å². The van der Waals surface area contributed by atoms with Crippen molar-refractivity contribution in [3.05, 3.63) is 158 Å². The number of ether oxygens (including phenoxy) is 3. The average Bonchev–Trinajstić information content (AvgIpc) is 3.26. The van der Waals surface area contributed by atoms with Gasteiger partial charge in [-0.2, -0.15) is 0 Å². The van der Waals surface area contributed by atoms with Crippen LogP contribution in [0.25, 0.3) is 0 Å². The first-order valence-electron chi connectivity index (χ1n) is 23.0. The van der Waals surface area contributed by atoms with E-state index in [-0.39, 0.29) is 38.4 Å². The predicted octanol–water partition coefficient (Wildman–Crippen LogP) is 15.1. The fraction of sp³-hybridized carbons (Fsp3) is 0.473. The molecular weight excluding hydrogens is 757 g/mol. The van der Waals surface area contributed by atoms with E-state index in [1.165, 1.54) is 0 Å². The molecule has 0 aliphatic carbocycles. The molecule has 0 aromatic heterocycles. The van der Waals surface area contributed by atoms with Gasteiger partial charge in [0.05, 0.1) is 6.42 Å². The highest BCUT2D eigenvalue weighted by Crippen LogP contribution is 2.08. The minimum Gasteiger partial charge on any atom is -0.462 e. The highest BCUT2D eigenvalue weighted by Gasteiger charge is 2.19. The number of allylic oxidation sites excluding steroid dienone is 25. The first kappa shape index (κ1) is 56.0. The van der Waals surface area contributed by atoms with Crippen molar-refractivity contribution in [2.75, 3.05) is 13.2 Å². The Balaban J connectivity index is 4.65. The Morgan fingerprint density at radius 1 is 0.344 bits per heavy atom. The summed E-state index contributed by atoms with van der Waals surface area (Å²) in [6.07, 6.45) is 69.9.